The number of aromatic amines is 1. The standard InChI is InChI=1S/C24H21F4N3/c25-15-6-7-20-17(11-15)16(9-10-29-20)14-4-1-13(2-5-14)3-8-21-30-23-19(27)12-18(26)22(28)24(23)31-21/h6-7,9-14H,1-5,8H2,(H,30,31). The van der Waals surface area contributed by atoms with Crippen LogP contribution in [0.5, 0.6) is 0 Å². The number of pyridine rings is 1. The Morgan fingerprint density at radius 3 is 2.55 bits per heavy atom. The molecule has 1 aliphatic rings. The van der Waals surface area contributed by atoms with E-state index in [1.807, 2.05) is 6.07 Å². The van der Waals surface area contributed by atoms with Gasteiger partial charge in [0.2, 0.25) is 0 Å². The van der Waals surface area contributed by atoms with Gasteiger partial charge in [0.1, 0.15) is 22.7 Å². The lowest BCUT2D eigenvalue weighted by Gasteiger charge is -2.29. The minimum absolute atomic E-state index is 0.158. The van der Waals surface area contributed by atoms with Gasteiger partial charge in [-0.25, -0.2) is 22.5 Å². The molecule has 5 rings (SSSR count). The molecule has 0 saturated heterocycles. The SMILES string of the molecule is Fc1ccc2nccc(C3CCC(CCc4nc5c(F)cc(F)c(F)c5[nH]4)CC3)c2c1. The number of benzene rings is 2. The number of hydrogen-bond donors (Lipinski definition) is 1. The summed E-state index contributed by atoms with van der Waals surface area (Å²) in [5.74, 6) is -2.14. The summed E-state index contributed by atoms with van der Waals surface area (Å²) < 4.78 is 54.9. The molecule has 1 N–H and O–H groups in total. The first-order chi connectivity index (χ1) is 15.0. The van der Waals surface area contributed by atoms with Crippen LogP contribution in [0.1, 0.15) is 49.4 Å². The Hall–Kier alpha value is -2.96. The number of fused-ring (bicyclic) bond motifs is 2. The molecule has 1 fully saturated rings. The number of imidazole rings is 1. The maximum Gasteiger partial charge on any atom is 0.184 e. The van der Waals surface area contributed by atoms with E-state index in [4.69, 9.17) is 0 Å². The molecule has 0 amide bonds. The second-order valence-electron chi connectivity index (χ2n) is 8.38. The molecular weight excluding hydrogens is 406 g/mol. The van der Waals surface area contributed by atoms with E-state index in [-0.39, 0.29) is 16.9 Å². The highest BCUT2D eigenvalue weighted by Crippen LogP contribution is 2.39. The van der Waals surface area contributed by atoms with Gasteiger partial charge in [-0.05, 0) is 73.8 Å². The van der Waals surface area contributed by atoms with Crippen molar-refractivity contribution in [3.8, 4) is 0 Å². The normalized spacial score (nSPS) is 19.4. The zero-order valence-electron chi connectivity index (χ0n) is 16.8. The maximum atomic E-state index is 13.9. The molecule has 4 aromatic rings. The van der Waals surface area contributed by atoms with Gasteiger partial charge in [-0.2, -0.15) is 0 Å². The summed E-state index contributed by atoms with van der Waals surface area (Å²) in [4.78, 5) is 11.2. The van der Waals surface area contributed by atoms with Crippen molar-refractivity contribution < 1.29 is 17.6 Å². The molecule has 0 atom stereocenters. The number of halogens is 4. The Labute approximate surface area is 176 Å². The molecule has 1 aliphatic carbocycles. The Balaban J connectivity index is 1.25. The highest BCUT2D eigenvalue weighted by Gasteiger charge is 2.24. The number of nitrogens with zero attached hydrogens (tertiary/aromatic N) is 2. The van der Waals surface area contributed by atoms with Crippen LogP contribution in [0.3, 0.4) is 0 Å². The van der Waals surface area contributed by atoms with Crippen LogP contribution in [0.25, 0.3) is 21.9 Å². The molecule has 2 aromatic carbocycles. The largest absolute Gasteiger partial charge is 0.339 e. The van der Waals surface area contributed by atoms with Crippen LogP contribution in [-0.2, 0) is 6.42 Å². The van der Waals surface area contributed by atoms with E-state index >= 15 is 0 Å². The van der Waals surface area contributed by atoms with Gasteiger partial charge in [0.25, 0.3) is 0 Å². The van der Waals surface area contributed by atoms with Crippen molar-refractivity contribution in [1.29, 1.82) is 0 Å². The van der Waals surface area contributed by atoms with Gasteiger partial charge < -0.3 is 4.98 Å². The van der Waals surface area contributed by atoms with Crippen LogP contribution in [0.2, 0.25) is 0 Å². The predicted molar refractivity (Wildman–Crippen MR) is 111 cm³/mol. The average molecular weight is 427 g/mol. The van der Waals surface area contributed by atoms with Crippen LogP contribution in [-0.4, -0.2) is 15.0 Å². The molecule has 1 saturated carbocycles. The summed E-state index contributed by atoms with van der Waals surface area (Å²) in [6.07, 6.45) is 7.19. The van der Waals surface area contributed by atoms with Crippen molar-refractivity contribution in [3.05, 3.63) is 71.2 Å². The molecule has 0 spiro atoms. The van der Waals surface area contributed by atoms with Crippen molar-refractivity contribution >= 4 is 21.9 Å². The first-order valence-electron chi connectivity index (χ1n) is 10.6. The maximum absolute atomic E-state index is 13.9. The van der Waals surface area contributed by atoms with E-state index in [0.717, 1.165) is 48.6 Å². The zero-order chi connectivity index (χ0) is 21.5. The quantitative estimate of drug-likeness (QED) is 0.295. The van der Waals surface area contributed by atoms with E-state index in [2.05, 4.69) is 15.0 Å². The van der Waals surface area contributed by atoms with E-state index in [0.29, 0.717) is 30.1 Å². The Bertz CT molecular complexity index is 1260. The van der Waals surface area contributed by atoms with Crippen molar-refractivity contribution in [2.45, 2.75) is 44.4 Å². The lowest BCUT2D eigenvalue weighted by molar-refractivity contribution is 0.310. The van der Waals surface area contributed by atoms with Crippen LogP contribution in [0.15, 0.2) is 36.5 Å². The summed E-state index contributed by atoms with van der Waals surface area (Å²) in [5, 5.41) is 0.879. The molecule has 3 nitrogen and oxygen atoms in total. The molecule has 0 unspecified atom stereocenters. The number of rotatable bonds is 4. The van der Waals surface area contributed by atoms with Gasteiger partial charge >= 0.3 is 0 Å². The van der Waals surface area contributed by atoms with Crippen LogP contribution in [0.4, 0.5) is 17.6 Å². The fourth-order valence-corrected chi connectivity index (χ4v) is 4.83. The second-order valence-corrected chi connectivity index (χ2v) is 8.38. The van der Waals surface area contributed by atoms with Gasteiger partial charge in [0.05, 0.1) is 5.52 Å². The smallest absolute Gasteiger partial charge is 0.184 e. The molecule has 7 heteroatoms. The van der Waals surface area contributed by atoms with Crippen molar-refractivity contribution in [2.24, 2.45) is 5.92 Å². The summed E-state index contributed by atoms with van der Waals surface area (Å²) >= 11 is 0. The summed E-state index contributed by atoms with van der Waals surface area (Å²) in [6.45, 7) is 0. The number of hydrogen-bond acceptors (Lipinski definition) is 2. The third-order valence-electron chi connectivity index (χ3n) is 6.47. The fourth-order valence-electron chi connectivity index (χ4n) is 4.83. The van der Waals surface area contributed by atoms with E-state index in [9.17, 15) is 17.6 Å². The lowest BCUT2D eigenvalue weighted by atomic mass is 9.76. The van der Waals surface area contributed by atoms with Gasteiger partial charge in [0, 0.05) is 24.1 Å². The van der Waals surface area contributed by atoms with Gasteiger partial charge in [0.15, 0.2) is 17.5 Å². The zero-order valence-corrected chi connectivity index (χ0v) is 16.8. The van der Waals surface area contributed by atoms with Gasteiger partial charge in [-0.1, -0.05) is 0 Å². The topological polar surface area (TPSA) is 41.6 Å². The van der Waals surface area contributed by atoms with Gasteiger partial charge in [-0.3, -0.25) is 4.98 Å². The molecule has 0 bridgehead atoms. The third-order valence-corrected chi connectivity index (χ3v) is 6.47. The second kappa shape index (κ2) is 7.94. The summed E-state index contributed by atoms with van der Waals surface area (Å²) in [7, 11) is 0. The monoisotopic (exact) mass is 427 g/mol. The number of H-pyrrole nitrogens is 1. The van der Waals surface area contributed by atoms with Crippen molar-refractivity contribution in [2.75, 3.05) is 0 Å². The Morgan fingerprint density at radius 2 is 1.74 bits per heavy atom. The Morgan fingerprint density at radius 1 is 0.935 bits per heavy atom. The van der Waals surface area contributed by atoms with Gasteiger partial charge in [-0.15, -0.1) is 0 Å². The minimum Gasteiger partial charge on any atom is -0.339 e. The highest BCUT2D eigenvalue weighted by atomic mass is 19.2. The van der Waals surface area contributed by atoms with Crippen LogP contribution in [0, 0.1) is 29.2 Å². The average Bonchev–Trinajstić information content (AvgIpc) is 3.21. The van der Waals surface area contributed by atoms with Crippen LogP contribution < -0.4 is 0 Å². The van der Waals surface area contributed by atoms with Crippen LogP contribution >= 0.6 is 0 Å². The molecular formula is C24H21F4N3. The molecule has 160 valence electrons. The first kappa shape index (κ1) is 20.0. The third kappa shape index (κ3) is 3.77. The van der Waals surface area contributed by atoms with Crippen molar-refractivity contribution in [3.63, 3.8) is 0 Å². The molecule has 2 heterocycles. The summed E-state index contributed by atoms with van der Waals surface area (Å²) in [6, 6.07) is 7.22. The minimum atomic E-state index is -1.22. The number of aromatic nitrogens is 3. The highest BCUT2D eigenvalue weighted by molar-refractivity contribution is 5.82. The van der Waals surface area contributed by atoms with E-state index < -0.39 is 17.5 Å². The molecule has 0 radical (unpaired) electrons. The van der Waals surface area contributed by atoms with Crippen molar-refractivity contribution in [1.82, 2.24) is 15.0 Å². The molecule has 0 aliphatic heterocycles. The predicted octanol–water partition coefficient (Wildman–Crippen LogP) is 6.57. The summed E-state index contributed by atoms with van der Waals surface area (Å²) in [5.41, 5.74) is 1.58. The number of nitrogens with one attached hydrogen (secondary N) is 1. The first-order valence-corrected chi connectivity index (χ1v) is 10.6. The fraction of sp³-hybridized carbons (Fsp3) is 0.333. The van der Waals surface area contributed by atoms with E-state index in [1.54, 1.807) is 18.3 Å². The Kier molecular flexibility index (Phi) is 5.12. The molecule has 31 heavy (non-hydrogen) atoms. The molecule has 2 aromatic heterocycles. The van der Waals surface area contributed by atoms with E-state index in [1.165, 1.54) is 6.07 Å². The number of aryl methyl sites for hydroxylation is 1. The lowest BCUT2D eigenvalue weighted by Crippen LogP contribution is -2.14.